The number of hydrogen-bond acceptors (Lipinski definition) is 5. The lowest BCUT2D eigenvalue weighted by atomic mass is 10.1. The van der Waals surface area contributed by atoms with Gasteiger partial charge in [0.05, 0.1) is 17.2 Å². The molecule has 0 N–H and O–H groups in total. The summed E-state index contributed by atoms with van der Waals surface area (Å²) >= 11 is 14.5. The summed E-state index contributed by atoms with van der Waals surface area (Å²) in [5, 5.41) is 0.586. The second kappa shape index (κ2) is 8.48. The third-order valence-corrected chi connectivity index (χ3v) is 5.93. The van der Waals surface area contributed by atoms with E-state index in [0.717, 1.165) is 16.1 Å². The highest BCUT2D eigenvalue weighted by molar-refractivity contribution is 8.27. The van der Waals surface area contributed by atoms with E-state index in [1.807, 2.05) is 37.4 Å². The van der Waals surface area contributed by atoms with E-state index >= 15 is 0 Å². The molecule has 0 aromatic heterocycles. The van der Waals surface area contributed by atoms with Crippen LogP contribution in [-0.2, 0) is 4.79 Å². The van der Waals surface area contributed by atoms with Crippen molar-refractivity contribution in [2.24, 2.45) is 0 Å². The van der Waals surface area contributed by atoms with Gasteiger partial charge in [-0.15, -0.1) is 11.8 Å². The molecule has 3 nitrogen and oxygen atoms in total. The lowest BCUT2D eigenvalue weighted by Gasteiger charge is -2.15. The maximum Gasteiger partial charge on any atom is 0.270 e. The van der Waals surface area contributed by atoms with Crippen molar-refractivity contribution in [3.8, 4) is 5.75 Å². The maximum atomic E-state index is 12.9. The largest absolute Gasteiger partial charge is 0.493 e. The van der Waals surface area contributed by atoms with Crippen molar-refractivity contribution in [2.75, 3.05) is 17.8 Å². The molecule has 0 saturated carbocycles. The number of thiocarbonyl (C=S) groups is 1. The minimum absolute atomic E-state index is 0.138. The summed E-state index contributed by atoms with van der Waals surface area (Å²) in [4.78, 5) is 16.1. The molecular weight excluding hydrogens is 406 g/mol. The molecular formula is C19H16ClNO2S3. The number of ether oxygens (including phenoxy) is 1. The smallest absolute Gasteiger partial charge is 0.270 e. The van der Waals surface area contributed by atoms with Gasteiger partial charge in [-0.25, -0.2) is 0 Å². The Morgan fingerprint density at radius 1 is 1.31 bits per heavy atom. The first-order valence-corrected chi connectivity index (χ1v) is 10.7. The zero-order valence-electron chi connectivity index (χ0n) is 14.2. The Morgan fingerprint density at radius 2 is 2.12 bits per heavy atom. The number of carbonyl (C=O) groups excluding carboxylic acids is 1. The molecule has 2 aromatic rings. The number of halogens is 1. The molecule has 0 spiro atoms. The van der Waals surface area contributed by atoms with E-state index in [0.29, 0.717) is 26.6 Å². The Hall–Kier alpha value is -1.47. The van der Waals surface area contributed by atoms with E-state index in [1.54, 1.807) is 40.9 Å². The van der Waals surface area contributed by atoms with Crippen molar-refractivity contribution < 1.29 is 9.53 Å². The fourth-order valence-corrected chi connectivity index (χ4v) is 4.42. The molecule has 0 bridgehead atoms. The maximum absolute atomic E-state index is 12.9. The first-order valence-electron chi connectivity index (χ1n) is 7.88. The van der Waals surface area contributed by atoms with Gasteiger partial charge in [-0.05, 0) is 55.7 Å². The zero-order chi connectivity index (χ0) is 18.7. The van der Waals surface area contributed by atoms with Gasteiger partial charge in [-0.2, -0.15) is 0 Å². The molecule has 7 heteroatoms. The van der Waals surface area contributed by atoms with Crippen LogP contribution in [-0.4, -0.2) is 23.1 Å². The molecule has 1 fully saturated rings. The Kier molecular flexibility index (Phi) is 6.29. The van der Waals surface area contributed by atoms with Gasteiger partial charge in [0, 0.05) is 15.5 Å². The molecule has 0 radical (unpaired) electrons. The average molecular weight is 422 g/mol. The highest BCUT2D eigenvalue weighted by Gasteiger charge is 2.33. The second-order valence-corrected chi connectivity index (χ2v) is 8.33. The topological polar surface area (TPSA) is 29.5 Å². The van der Waals surface area contributed by atoms with Gasteiger partial charge in [0.1, 0.15) is 5.75 Å². The van der Waals surface area contributed by atoms with Crippen molar-refractivity contribution in [3.63, 3.8) is 0 Å². The Labute approximate surface area is 171 Å². The monoisotopic (exact) mass is 421 g/mol. The van der Waals surface area contributed by atoms with Gasteiger partial charge in [-0.3, -0.25) is 9.69 Å². The zero-order valence-corrected chi connectivity index (χ0v) is 17.4. The number of nitrogens with zero attached hydrogens (tertiary/aromatic N) is 1. The predicted octanol–water partition coefficient (Wildman–Crippen LogP) is 5.87. The summed E-state index contributed by atoms with van der Waals surface area (Å²) in [6.07, 6.45) is 3.78. The number of anilines is 1. The van der Waals surface area contributed by atoms with Crippen LogP contribution in [0.25, 0.3) is 6.08 Å². The highest BCUT2D eigenvalue weighted by atomic mass is 35.5. The number of thioether (sulfide) groups is 2. The number of carbonyl (C=O) groups is 1. The fraction of sp³-hybridized carbons (Fsp3) is 0.158. The molecule has 1 heterocycles. The van der Waals surface area contributed by atoms with Crippen LogP contribution in [0.1, 0.15) is 12.5 Å². The summed E-state index contributed by atoms with van der Waals surface area (Å²) in [5.41, 5.74) is 1.54. The van der Waals surface area contributed by atoms with Crippen molar-refractivity contribution in [1.29, 1.82) is 0 Å². The quantitative estimate of drug-likeness (QED) is 0.342. The van der Waals surface area contributed by atoms with Crippen molar-refractivity contribution in [3.05, 3.63) is 58.0 Å². The summed E-state index contributed by atoms with van der Waals surface area (Å²) in [6, 6.07) is 13.1. The van der Waals surface area contributed by atoms with E-state index in [2.05, 4.69) is 0 Å². The number of amides is 1. The molecule has 3 rings (SSSR count). The predicted molar refractivity (Wildman–Crippen MR) is 116 cm³/mol. The molecule has 1 saturated heterocycles. The van der Waals surface area contributed by atoms with Crippen LogP contribution in [0.2, 0.25) is 5.02 Å². The van der Waals surface area contributed by atoms with Crippen molar-refractivity contribution >= 4 is 69.3 Å². The number of hydrogen-bond donors (Lipinski definition) is 0. The van der Waals surface area contributed by atoms with E-state index < -0.39 is 0 Å². The average Bonchev–Trinajstić information content (AvgIpc) is 2.91. The summed E-state index contributed by atoms with van der Waals surface area (Å²) in [6.45, 7) is 2.45. The molecule has 2 aromatic carbocycles. The van der Waals surface area contributed by atoms with Gasteiger partial charge < -0.3 is 4.74 Å². The highest BCUT2D eigenvalue weighted by Crippen LogP contribution is 2.38. The summed E-state index contributed by atoms with van der Waals surface area (Å²) < 4.78 is 6.15. The first kappa shape index (κ1) is 19.3. The third-order valence-electron chi connectivity index (χ3n) is 3.66. The first-order chi connectivity index (χ1) is 12.5. The van der Waals surface area contributed by atoms with Crippen LogP contribution in [0, 0.1) is 0 Å². The minimum Gasteiger partial charge on any atom is -0.493 e. The molecule has 0 aliphatic carbocycles. The van der Waals surface area contributed by atoms with Crippen LogP contribution in [0.4, 0.5) is 5.69 Å². The third kappa shape index (κ3) is 4.09. The molecule has 1 aliphatic heterocycles. The fourth-order valence-electron chi connectivity index (χ4n) is 2.50. The molecule has 134 valence electrons. The standard InChI is InChI=1S/C19H16ClNO2S3/c1-3-23-16-8-7-13(20)9-12(16)10-17-18(22)21(19(24)26-17)14-5-4-6-15(11-14)25-2/h4-11H,3H2,1-2H3/b17-10+. The van der Waals surface area contributed by atoms with E-state index in [4.69, 9.17) is 28.6 Å². The van der Waals surface area contributed by atoms with Crippen molar-refractivity contribution in [1.82, 2.24) is 0 Å². The number of rotatable bonds is 5. The second-order valence-electron chi connectivity index (χ2n) is 5.33. The van der Waals surface area contributed by atoms with Gasteiger partial charge in [0.2, 0.25) is 0 Å². The molecule has 26 heavy (non-hydrogen) atoms. The van der Waals surface area contributed by atoms with Gasteiger partial charge in [-0.1, -0.05) is 41.6 Å². The minimum atomic E-state index is -0.138. The van der Waals surface area contributed by atoms with Gasteiger partial charge >= 0.3 is 0 Å². The van der Waals surface area contributed by atoms with E-state index in [-0.39, 0.29) is 5.91 Å². The normalized spacial score (nSPS) is 15.8. The van der Waals surface area contributed by atoms with Gasteiger partial charge in [0.25, 0.3) is 5.91 Å². The van der Waals surface area contributed by atoms with E-state index in [1.165, 1.54) is 11.8 Å². The molecule has 1 amide bonds. The molecule has 1 aliphatic rings. The van der Waals surface area contributed by atoms with Crippen LogP contribution in [0.5, 0.6) is 5.75 Å². The lowest BCUT2D eigenvalue weighted by molar-refractivity contribution is -0.113. The van der Waals surface area contributed by atoms with Crippen LogP contribution >= 0.6 is 47.3 Å². The molecule has 0 atom stereocenters. The Balaban J connectivity index is 1.96. The van der Waals surface area contributed by atoms with Crippen LogP contribution < -0.4 is 9.64 Å². The molecule has 0 unspecified atom stereocenters. The number of benzene rings is 2. The van der Waals surface area contributed by atoms with E-state index in [9.17, 15) is 4.79 Å². The van der Waals surface area contributed by atoms with Crippen LogP contribution in [0.15, 0.2) is 52.3 Å². The summed E-state index contributed by atoms with van der Waals surface area (Å²) in [5.74, 6) is 0.548. The lowest BCUT2D eigenvalue weighted by Crippen LogP contribution is -2.27. The Morgan fingerprint density at radius 3 is 2.85 bits per heavy atom. The van der Waals surface area contributed by atoms with Gasteiger partial charge in [0.15, 0.2) is 4.32 Å². The SMILES string of the molecule is CCOc1ccc(Cl)cc1/C=C1/SC(=S)N(c2cccc(SC)c2)C1=O. The summed E-state index contributed by atoms with van der Waals surface area (Å²) in [7, 11) is 0. The Bertz CT molecular complexity index is 898. The van der Waals surface area contributed by atoms with Crippen molar-refractivity contribution in [2.45, 2.75) is 11.8 Å². The van der Waals surface area contributed by atoms with Crippen LogP contribution in [0.3, 0.4) is 0 Å².